The fraction of sp³-hybridized carbons (Fsp3) is 0.615. The highest BCUT2D eigenvalue weighted by Crippen LogP contribution is 1.98. The van der Waals surface area contributed by atoms with Crippen LogP contribution in [0.15, 0.2) is 0 Å². The average molecular weight is 394 g/mol. The summed E-state index contributed by atoms with van der Waals surface area (Å²) in [4.78, 5) is 57.5. The minimum Gasteiger partial charge on any atom is -0.481 e. The lowest BCUT2D eigenvalue weighted by Gasteiger charge is -2.22. The maximum absolute atomic E-state index is 12.1. The van der Waals surface area contributed by atoms with Gasteiger partial charge >= 0.3 is 11.9 Å². The second-order valence-electron chi connectivity index (χ2n) is 5.27. The number of carboxylic acids is 2. The van der Waals surface area contributed by atoms with Crippen LogP contribution in [0.1, 0.15) is 13.3 Å². The molecule has 0 aliphatic heterocycles. The van der Waals surface area contributed by atoms with Gasteiger partial charge in [0, 0.05) is 5.75 Å². The highest BCUT2D eigenvalue weighted by atomic mass is 32.1. The summed E-state index contributed by atoms with van der Waals surface area (Å²) in [6, 6.07) is -5.48. The van der Waals surface area contributed by atoms with Crippen molar-refractivity contribution in [3.8, 4) is 0 Å². The first-order valence-electron chi connectivity index (χ1n) is 7.36. The van der Waals surface area contributed by atoms with Gasteiger partial charge in [0.05, 0.1) is 19.1 Å². The molecular weight excluding hydrogens is 372 g/mol. The topological polar surface area (TPSA) is 208 Å². The molecule has 0 aromatic heterocycles. The smallest absolute Gasteiger partial charge is 0.327 e. The van der Waals surface area contributed by atoms with Crippen molar-refractivity contribution in [2.45, 2.75) is 37.5 Å². The Labute approximate surface area is 153 Å². The number of nitrogens with two attached hydrogens (primary N) is 1. The van der Waals surface area contributed by atoms with Gasteiger partial charge in [0.2, 0.25) is 17.7 Å². The van der Waals surface area contributed by atoms with Crippen molar-refractivity contribution < 1.29 is 39.3 Å². The molecule has 0 aromatic carbocycles. The second kappa shape index (κ2) is 11.3. The molecule has 13 heteroatoms. The second-order valence-corrected chi connectivity index (χ2v) is 5.64. The third kappa shape index (κ3) is 8.13. The Kier molecular flexibility index (Phi) is 10.2. The summed E-state index contributed by atoms with van der Waals surface area (Å²) in [6.45, 7) is 0.506. The molecule has 8 N–H and O–H groups in total. The van der Waals surface area contributed by atoms with Gasteiger partial charge in [-0.3, -0.25) is 19.2 Å². The van der Waals surface area contributed by atoms with Crippen LogP contribution >= 0.6 is 12.6 Å². The molecule has 0 fully saturated rings. The van der Waals surface area contributed by atoms with Gasteiger partial charge in [0.25, 0.3) is 0 Å². The molecule has 26 heavy (non-hydrogen) atoms. The summed E-state index contributed by atoms with van der Waals surface area (Å²) in [6.07, 6.45) is -0.851. The third-order valence-electron chi connectivity index (χ3n) is 3.04. The van der Waals surface area contributed by atoms with Gasteiger partial charge in [0.1, 0.15) is 18.1 Å². The predicted molar refractivity (Wildman–Crippen MR) is 90.3 cm³/mol. The number of carbonyl (C=O) groups excluding carboxylic acids is 3. The first kappa shape index (κ1) is 23.6. The van der Waals surface area contributed by atoms with Crippen LogP contribution in [0.2, 0.25) is 0 Å². The molecule has 0 aliphatic rings. The molecule has 0 bridgehead atoms. The van der Waals surface area contributed by atoms with Gasteiger partial charge in [-0.2, -0.15) is 12.6 Å². The summed E-state index contributed by atoms with van der Waals surface area (Å²) in [5, 5.41) is 33.1. The Morgan fingerprint density at radius 3 is 1.77 bits per heavy atom. The van der Waals surface area contributed by atoms with E-state index in [1.165, 1.54) is 6.92 Å². The first-order valence-corrected chi connectivity index (χ1v) is 7.99. The normalized spacial score (nSPS) is 15.1. The summed E-state index contributed by atoms with van der Waals surface area (Å²) in [7, 11) is 0. The van der Waals surface area contributed by atoms with Crippen molar-refractivity contribution in [2.75, 3.05) is 12.4 Å². The maximum atomic E-state index is 12.1. The number of carbonyl (C=O) groups is 5. The van der Waals surface area contributed by atoms with Gasteiger partial charge in [0.15, 0.2) is 0 Å². The summed E-state index contributed by atoms with van der Waals surface area (Å²) < 4.78 is 0. The molecule has 0 aromatic rings. The highest BCUT2D eigenvalue weighted by Gasteiger charge is 2.30. The van der Waals surface area contributed by atoms with Crippen LogP contribution in [-0.4, -0.2) is 81.5 Å². The molecule has 12 nitrogen and oxygen atoms in total. The van der Waals surface area contributed by atoms with Gasteiger partial charge in [-0.05, 0) is 6.92 Å². The lowest BCUT2D eigenvalue weighted by Crippen LogP contribution is -2.58. The Morgan fingerprint density at radius 1 is 0.923 bits per heavy atom. The number of thiol groups is 1. The monoisotopic (exact) mass is 394 g/mol. The molecule has 0 spiro atoms. The molecule has 4 atom stereocenters. The van der Waals surface area contributed by atoms with E-state index in [4.69, 9.17) is 15.9 Å². The van der Waals surface area contributed by atoms with Crippen molar-refractivity contribution in [2.24, 2.45) is 5.73 Å². The van der Waals surface area contributed by atoms with Crippen molar-refractivity contribution in [3.63, 3.8) is 0 Å². The Bertz CT molecular complexity index is 556. The quantitative estimate of drug-likeness (QED) is 0.162. The number of aliphatic hydroxyl groups is 1. The van der Waals surface area contributed by atoms with E-state index >= 15 is 0 Å². The maximum Gasteiger partial charge on any atom is 0.327 e. The number of aliphatic hydroxyl groups excluding tert-OH is 1. The molecule has 0 radical (unpaired) electrons. The number of aliphatic carboxylic acids is 2. The fourth-order valence-electron chi connectivity index (χ4n) is 1.61. The summed E-state index contributed by atoms with van der Waals surface area (Å²) in [5.74, 6) is -5.97. The van der Waals surface area contributed by atoms with E-state index in [0.717, 1.165) is 0 Å². The van der Waals surface area contributed by atoms with Gasteiger partial charge < -0.3 is 37.0 Å². The molecule has 0 saturated carbocycles. The first-order chi connectivity index (χ1) is 12.0. The van der Waals surface area contributed by atoms with E-state index in [0.29, 0.717) is 0 Å². The minimum absolute atomic E-state index is 0.265. The van der Waals surface area contributed by atoms with E-state index in [1.807, 2.05) is 10.6 Å². The standard InChI is InChI=1S/C13H22N4O8S/c1-5(14)10(21)16-7(3-18)12(23)15-6(2-9(19)20)11(22)17-8(4-26)13(24)25/h5-8,18,26H,2-4,14H2,1H3,(H,15,23)(H,16,21)(H,17,22)(H,19,20)(H,24,25). The number of nitrogens with one attached hydrogen (secondary N) is 3. The van der Waals surface area contributed by atoms with Crippen LogP contribution in [0.4, 0.5) is 0 Å². The van der Waals surface area contributed by atoms with Crippen LogP contribution in [0.5, 0.6) is 0 Å². The number of carboxylic acid groups (broad SMARTS) is 2. The van der Waals surface area contributed by atoms with E-state index in [2.05, 4.69) is 17.9 Å². The molecule has 0 rings (SSSR count). The van der Waals surface area contributed by atoms with E-state index in [1.54, 1.807) is 0 Å². The molecular formula is C13H22N4O8S. The highest BCUT2D eigenvalue weighted by molar-refractivity contribution is 7.80. The molecule has 0 heterocycles. The largest absolute Gasteiger partial charge is 0.481 e. The zero-order chi connectivity index (χ0) is 20.4. The molecule has 0 aliphatic carbocycles. The van der Waals surface area contributed by atoms with Gasteiger partial charge in [-0.15, -0.1) is 0 Å². The van der Waals surface area contributed by atoms with Crippen LogP contribution in [0, 0.1) is 0 Å². The fourth-order valence-corrected chi connectivity index (χ4v) is 1.86. The van der Waals surface area contributed by atoms with Crippen molar-refractivity contribution in [1.82, 2.24) is 16.0 Å². The van der Waals surface area contributed by atoms with E-state index in [9.17, 15) is 29.1 Å². The van der Waals surface area contributed by atoms with Crippen molar-refractivity contribution in [1.29, 1.82) is 0 Å². The number of hydrogen-bond acceptors (Lipinski definition) is 8. The Morgan fingerprint density at radius 2 is 1.38 bits per heavy atom. The number of amides is 3. The summed E-state index contributed by atoms with van der Waals surface area (Å²) >= 11 is 3.75. The van der Waals surface area contributed by atoms with Crippen LogP contribution in [0.3, 0.4) is 0 Å². The Balaban J connectivity index is 5.15. The summed E-state index contributed by atoms with van der Waals surface area (Å²) in [5.41, 5.74) is 5.32. The van der Waals surface area contributed by atoms with Crippen molar-refractivity contribution in [3.05, 3.63) is 0 Å². The van der Waals surface area contributed by atoms with Gasteiger partial charge in [-0.25, -0.2) is 4.79 Å². The van der Waals surface area contributed by atoms with Gasteiger partial charge in [-0.1, -0.05) is 0 Å². The molecule has 0 saturated heterocycles. The predicted octanol–water partition coefficient (Wildman–Crippen LogP) is -3.73. The average Bonchev–Trinajstić information content (AvgIpc) is 2.55. The van der Waals surface area contributed by atoms with Crippen LogP contribution in [-0.2, 0) is 24.0 Å². The Hall–Kier alpha value is -2.38. The molecule has 148 valence electrons. The molecule has 4 unspecified atom stereocenters. The number of rotatable bonds is 11. The van der Waals surface area contributed by atoms with E-state index < -0.39 is 66.9 Å². The lowest BCUT2D eigenvalue weighted by atomic mass is 10.1. The van der Waals surface area contributed by atoms with Crippen molar-refractivity contribution >= 4 is 42.3 Å². The van der Waals surface area contributed by atoms with Crippen LogP contribution in [0.25, 0.3) is 0 Å². The van der Waals surface area contributed by atoms with E-state index in [-0.39, 0.29) is 5.75 Å². The lowest BCUT2D eigenvalue weighted by molar-refractivity contribution is -0.143. The number of hydrogen-bond donors (Lipinski definition) is 8. The van der Waals surface area contributed by atoms with Crippen LogP contribution < -0.4 is 21.7 Å². The minimum atomic E-state index is -1.64. The third-order valence-corrected chi connectivity index (χ3v) is 3.40. The zero-order valence-electron chi connectivity index (χ0n) is 13.8. The zero-order valence-corrected chi connectivity index (χ0v) is 14.7. The molecule has 3 amide bonds. The SMILES string of the molecule is CC(N)C(=O)NC(CO)C(=O)NC(CC(=O)O)C(=O)NC(CS)C(=O)O.